The average molecular weight is 284 g/mol. The van der Waals surface area contributed by atoms with Gasteiger partial charge >= 0.3 is 0 Å². The number of amides is 1. The fraction of sp³-hybridized carbons (Fsp3) is 0.929. The van der Waals surface area contributed by atoms with Crippen molar-refractivity contribution in [3.63, 3.8) is 0 Å². The predicted molar refractivity (Wildman–Crippen MR) is 78.5 cm³/mol. The van der Waals surface area contributed by atoms with Gasteiger partial charge < -0.3 is 20.7 Å². The molecule has 0 aliphatic carbocycles. The summed E-state index contributed by atoms with van der Waals surface area (Å²) < 4.78 is 5.35. The highest BCUT2D eigenvalue weighted by atomic mass is 16.5. The van der Waals surface area contributed by atoms with E-state index in [2.05, 4.69) is 29.2 Å². The number of carbonyl (C=O) groups is 1. The van der Waals surface area contributed by atoms with Gasteiger partial charge in [-0.05, 0) is 26.9 Å². The largest absolute Gasteiger partial charge is 0.381 e. The van der Waals surface area contributed by atoms with Crippen molar-refractivity contribution in [1.29, 1.82) is 0 Å². The summed E-state index contributed by atoms with van der Waals surface area (Å²) >= 11 is 0. The van der Waals surface area contributed by atoms with Crippen LogP contribution < -0.4 is 11.1 Å². The molecule has 20 heavy (non-hydrogen) atoms. The average Bonchev–Trinajstić information content (AvgIpc) is 2.48. The molecule has 6 heteroatoms. The van der Waals surface area contributed by atoms with E-state index in [9.17, 15) is 4.79 Å². The third-order valence-electron chi connectivity index (χ3n) is 4.80. The Hall–Kier alpha value is -0.690. The van der Waals surface area contributed by atoms with Crippen LogP contribution in [0.25, 0.3) is 0 Å². The Balaban J connectivity index is 1.87. The minimum absolute atomic E-state index is 0.102. The molecule has 2 heterocycles. The quantitative estimate of drug-likeness (QED) is 0.700. The maximum Gasteiger partial charge on any atom is 0.227 e. The van der Waals surface area contributed by atoms with E-state index in [1.165, 1.54) is 0 Å². The number of hydrogen-bond donors (Lipinski definition) is 2. The first-order chi connectivity index (χ1) is 9.57. The Morgan fingerprint density at radius 1 is 1.35 bits per heavy atom. The minimum Gasteiger partial charge on any atom is -0.381 e. The van der Waals surface area contributed by atoms with Crippen molar-refractivity contribution in [3.8, 4) is 0 Å². The van der Waals surface area contributed by atoms with Gasteiger partial charge in [0.1, 0.15) is 0 Å². The number of likely N-dealkylation sites (N-methyl/N-ethyl adjacent to an activating group) is 2. The number of nitrogens with zero attached hydrogens (tertiary/aromatic N) is 2. The maximum atomic E-state index is 12.5. The Bertz CT molecular complexity index is 331. The highest BCUT2D eigenvalue weighted by Gasteiger charge is 2.39. The van der Waals surface area contributed by atoms with Gasteiger partial charge in [-0.1, -0.05) is 0 Å². The Kier molecular flexibility index (Phi) is 5.37. The Morgan fingerprint density at radius 3 is 2.70 bits per heavy atom. The van der Waals surface area contributed by atoms with Gasteiger partial charge in [0, 0.05) is 52.0 Å². The molecule has 2 fully saturated rings. The molecular weight excluding hydrogens is 256 g/mol. The number of ether oxygens (including phenoxy) is 1. The first kappa shape index (κ1) is 15.7. The minimum atomic E-state index is -0.419. The van der Waals surface area contributed by atoms with Gasteiger partial charge in [-0.15, -0.1) is 0 Å². The number of carbonyl (C=O) groups excluding carboxylic acids is 1. The zero-order chi connectivity index (χ0) is 14.6. The molecule has 0 aromatic carbocycles. The molecule has 0 aromatic heterocycles. The van der Waals surface area contributed by atoms with E-state index in [1.54, 1.807) is 0 Å². The van der Waals surface area contributed by atoms with Crippen LogP contribution in [0.2, 0.25) is 0 Å². The van der Waals surface area contributed by atoms with E-state index in [1.807, 2.05) is 0 Å². The topological polar surface area (TPSA) is 70.8 Å². The summed E-state index contributed by atoms with van der Waals surface area (Å²) in [4.78, 5) is 17.1. The monoisotopic (exact) mass is 284 g/mol. The van der Waals surface area contributed by atoms with Crippen molar-refractivity contribution in [1.82, 2.24) is 15.1 Å². The van der Waals surface area contributed by atoms with Crippen LogP contribution in [0.5, 0.6) is 0 Å². The van der Waals surface area contributed by atoms with Crippen LogP contribution in [0.3, 0.4) is 0 Å². The van der Waals surface area contributed by atoms with Gasteiger partial charge in [-0.3, -0.25) is 9.69 Å². The second-order valence-corrected chi connectivity index (χ2v) is 6.20. The fourth-order valence-corrected chi connectivity index (χ4v) is 3.01. The zero-order valence-corrected chi connectivity index (χ0v) is 12.7. The van der Waals surface area contributed by atoms with Crippen LogP contribution in [0.1, 0.15) is 12.8 Å². The van der Waals surface area contributed by atoms with Gasteiger partial charge in [-0.25, -0.2) is 0 Å². The van der Waals surface area contributed by atoms with Crippen molar-refractivity contribution >= 4 is 5.91 Å². The molecule has 0 bridgehead atoms. The van der Waals surface area contributed by atoms with Gasteiger partial charge in [0.25, 0.3) is 0 Å². The molecule has 0 saturated carbocycles. The molecule has 2 saturated heterocycles. The van der Waals surface area contributed by atoms with Crippen molar-refractivity contribution in [2.75, 3.05) is 60.0 Å². The third kappa shape index (κ3) is 3.49. The Morgan fingerprint density at radius 2 is 2.05 bits per heavy atom. The van der Waals surface area contributed by atoms with E-state index in [4.69, 9.17) is 10.5 Å². The summed E-state index contributed by atoms with van der Waals surface area (Å²) in [6.07, 6.45) is 1.46. The van der Waals surface area contributed by atoms with Crippen LogP contribution in [-0.4, -0.2) is 81.8 Å². The molecule has 116 valence electrons. The van der Waals surface area contributed by atoms with Gasteiger partial charge in [-0.2, -0.15) is 0 Å². The zero-order valence-electron chi connectivity index (χ0n) is 12.7. The molecular formula is C14H28N4O2. The van der Waals surface area contributed by atoms with Crippen molar-refractivity contribution in [2.45, 2.75) is 18.9 Å². The van der Waals surface area contributed by atoms with E-state index < -0.39 is 5.41 Å². The van der Waals surface area contributed by atoms with Crippen LogP contribution in [-0.2, 0) is 9.53 Å². The first-order valence-corrected chi connectivity index (χ1v) is 7.52. The van der Waals surface area contributed by atoms with Gasteiger partial charge in [0.05, 0.1) is 5.41 Å². The normalized spacial score (nSPS) is 28.2. The summed E-state index contributed by atoms with van der Waals surface area (Å²) in [6, 6.07) is 0.382. The molecule has 1 amide bonds. The molecule has 6 nitrogen and oxygen atoms in total. The smallest absolute Gasteiger partial charge is 0.227 e. The molecule has 1 atom stereocenters. The van der Waals surface area contributed by atoms with Crippen LogP contribution in [0, 0.1) is 5.41 Å². The Labute approximate surface area is 121 Å². The van der Waals surface area contributed by atoms with Crippen molar-refractivity contribution < 1.29 is 9.53 Å². The summed E-state index contributed by atoms with van der Waals surface area (Å²) in [7, 11) is 4.25. The maximum absolute atomic E-state index is 12.5. The lowest BCUT2D eigenvalue weighted by Gasteiger charge is -2.39. The van der Waals surface area contributed by atoms with E-state index >= 15 is 0 Å². The van der Waals surface area contributed by atoms with Crippen LogP contribution >= 0.6 is 0 Å². The standard InChI is InChI=1S/C14H28N4O2/c1-17-5-6-18(2)12(10-17)9-16-13(19)14(11-15)3-7-20-8-4-14/h12H,3-11,15H2,1-2H3,(H,16,19). The van der Waals surface area contributed by atoms with E-state index in [-0.39, 0.29) is 5.91 Å². The lowest BCUT2D eigenvalue weighted by molar-refractivity contribution is -0.136. The number of nitrogens with two attached hydrogens (primary N) is 1. The van der Waals surface area contributed by atoms with Crippen molar-refractivity contribution in [2.24, 2.45) is 11.1 Å². The molecule has 2 aliphatic rings. The molecule has 0 aromatic rings. The number of rotatable bonds is 4. The van der Waals surface area contributed by atoms with Gasteiger partial charge in [0.15, 0.2) is 0 Å². The second-order valence-electron chi connectivity index (χ2n) is 6.20. The molecule has 0 spiro atoms. The predicted octanol–water partition coefficient (Wildman–Crippen LogP) is -0.896. The van der Waals surface area contributed by atoms with Crippen LogP contribution in [0.4, 0.5) is 0 Å². The lowest BCUT2D eigenvalue weighted by Crippen LogP contribution is -2.57. The fourth-order valence-electron chi connectivity index (χ4n) is 3.01. The number of piperazine rings is 1. The summed E-state index contributed by atoms with van der Waals surface area (Å²) in [5.41, 5.74) is 5.44. The third-order valence-corrected chi connectivity index (χ3v) is 4.80. The van der Waals surface area contributed by atoms with Crippen molar-refractivity contribution in [3.05, 3.63) is 0 Å². The summed E-state index contributed by atoms with van der Waals surface area (Å²) in [5, 5.41) is 3.12. The summed E-state index contributed by atoms with van der Waals surface area (Å²) in [5.74, 6) is 0.102. The van der Waals surface area contributed by atoms with E-state index in [0.717, 1.165) is 32.5 Å². The highest BCUT2D eigenvalue weighted by Crippen LogP contribution is 2.29. The summed E-state index contributed by atoms with van der Waals surface area (Å²) in [6.45, 7) is 5.51. The van der Waals surface area contributed by atoms with Gasteiger partial charge in [0.2, 0.25) is 5.91 Å². The molecule has 3 N–H and O–H groups in total. The number of hydrogen-bond acceptors (Lipinski definition) is 5. The highest BCUT2D eigenvalue weighted by molar-refractivity contribution is 5.83. The molecule has 1 unspecified atom stereocenters. The SMILES string of the molecule is CN1CCN(C)C(CNC(=O)C2(CN)CCOCC2)C1. The molecule has 2 aliphatic heterocycles. The molecule has 2 rings (SSSR count). The first-order valence-electron chi connectivity index (χ1n) is 7.52. The second kappa shape index (κ2) is 6.85. The van der Waals surface area contributed by atoms with E-state index in [0.29, 0.717) is 32.3 Å². The number of nitrogens with one attached hydrogen (secondary N) is 1. The lowest BCUT2D eigenvalue weighted by atomic mass is 9.79. The molecule has 0 radical (unpaired) electrons. The van der Waals surface area contributed by atoms with Crippen LogP contribution in [0.15, 0.2) is 0 Å².